The predicted molar refractivity (Wildman–Crippen MR) is 61.4 cm³/mol. The van der Waals surface area contributed by atoms with Gasteiger partial charge in [0.25, 0.3) is 0 Å². The predicted octanol–water partition coefficient (Wildman–Crippen LogP) is 3.09. The number of ether oxygens (including phenoxy) is 1. The van der Waals surface area contributed by atoms with E-state index in [2.05, 4.69) is 24.0 Å². The van der Waals surface area contributed by atoms with Gasteiger partial charge in [-0.15, -0.1) is 0 Å². The molecule has 1 heterocycles. The summed E-state index contributed by atoms with van der Waals surface area (Å²) in [7, 11) is 1.70. The smallest absolute Gasteiger partial charge is 0.130 e. The fraction of sp³-hybridized carbons (Fsp3) is 0.417. The maximum atomic E-state index is 5.36. The highest BCUT2D eigenvalue weighted by Gasteiger charge is 2.14. The number of H-pyrrole nitrogens is 1. The highest BCUT2D eigenvalue weighted by molar-refractivity contribution is 5.88. The summed E-state index contributed by atoms with van der Waals surface area (Å²) in [5, 5.41) is 8.52. The van der Waals surface area contributed by atoms with Gasteiger partial charge in [0.2, 0.25) is 0 Å². The molecule has 0 saturated carbocycles. The van der Waals surface area contributed by atoms with Crippen LogP contribution in [0.3, 0.4) is 0 Å². The first-order valence-electron chi connectivity index (χ1n) is 5.28. The second kappa shape index (κ2) is 3.93. The van der Waals surface area contributed by atoms with Gasteiger partial charge < -0.3 is 4.74 Å². The van der Waals surface area contributed by atoms with Gasteiger partial charge in [-0.05, 0) is 24.5 Å². The normalized spacial score (nSPS) is 13.0. The summed E-state index contributed by atoms with van der Waals surface area (Å²) in [5.41, 5.74) is 2.15. The van der Waals surface area contributed by atoms with Crippen molar-refractivity contribution >= 4 is 10.9 Å². The zero-order valence-corrected chi connectivity index (χ0v) is 9.37. The van der Waals surface area contributed by atoms with Crippen molar-refractivity contribution in [1.29, 1.82) is 0 Å². The first kappa shape index (κ1) is 10.0. The Morgan fingerprint density at radius 2 is 2.27 bits per heavy atom. The average molecular weight is 204 g/mol. The van der Waals surface area contributed by atoms with Crippen molar-refractivity contribution in [2.24, 2.45) is 0 Å². The Morgan fingerprint density at radius 1 is 1.47 bits per heavy atom. The highest BCUT2D eigenvalue weighted by Crippen LogP contribution is 2.32. The molecular weight excluding hydrogens is 188 g/mol. The zero-order valence-electron chi connectivity index (χ0n) is 9.37. The van der Waals surface area contributed by atoms with Gasteiger partial charge in [-0.25, -0.2) is 0 Å². The van der Waals surface area contributed by atoms with Crippen molar-refractivity contribution in [3.63, 3.8) is 0 Å². The molecule has 0 spiro atoms. The molecule has 1 aromatic carbocycles. The first-order chi connectivity index (χ1) is 7.27. The molecule has 1 N–H and O–H groups in total. The van der Waals surface area contributed by atoms with E-state index in [1.54, 1.807) is 7.11 Å². The van der Waals surface area contributed by atoms with Crippen LogP contribution < -0.4 is 4.74 Å². The summed E-state index contributed by atoms with van der Waals surface area (Å²) >= 11 is 0. The quantitative estimate of drug-likeness (QED) is 0.834. The van der Waals surface area contributed by atoms with Crippen molar-refractivity contribution in [2.75, 3.05) is 7.11 Å². The van der Waals surface area contributed by atoms with Crippen molar-refractivity contribution in [3.05, 3.63) is 23.9 Å². The van der Waals surface area contributed by atoms with Crippen molar-refractivity contribution in [3.8, 4) is 5.75 Å². The number of aromatic nitrogens is 2. The Hall–Kier alpha value is -1.51. The second-order valence-corrected chi connectivity index (χ2v) is 3.80. The molecule has 0 saturated heterocycles. The minimum Gasteiger partial charge on any atom is -0.496 e. The first-order valence-corrected chi connectivity index (χ1v) is 5.28. The van der Waals surface area contributed by atoms with Crippen LogP contribution in [0.15, 0.2) is 18.2 Å². The molecule has 3 nitrogen and oxygen atoms in total. The molecule has 2 rings (SSSR count). The average Bonchev–Trinajstić information content (AvgIpc) is 2.71. The molecule has 0 aliphatic heterocycles. The molecule has 1 unspecified atom stereocenters. The molecule has 80 valence electrons. The standard InChI is InChI=1S/C12H16N2O/c1-4-8(2)12-11-9(13-14-12)6-5-7-10(11)15-3/h5-8H,4H2,1-3H3,(H,13,14). The highest BCUT2D eigenvalue weighted by atomic mass is 16.5. The molecular formula is C12H16N2O. The summed E-state index contributed by atoms with van der Waals surface area (Å²) in [6, 6.07) is 5.94. The van der Waals surface area contributed by atoms with Crippen LogP contribution in [0.25, 0.3) is 10.9 Å². The van der Waals surface area contributed by atoms with Crippen LogP contribution in [-0.4, -0.2) is 17.3 Å². The fourth-order valence-corrected chi connectivity index (χ4v) is 1.79. The maximum absolute atomic E-state index is 5.36. The molecule has 0 amide bonds. The summed E-state index contributed by atoms with van der Waals surface area (Å²) in [6.07, 6.45) is 1.09. The van der Waals surface area contributed by atoms with Gasteiger partial charge in [0, 0.05) is 5.69 Å². The van der Waals surface area contributed by atoms with E-state index in [-0.39, 0.29) is 0 Å². The minimum absolute atomic E-state index is 0.478. The number of aromatic amines is 1. The van der Waals surface area contributed by atoms with Crippen molar-refractivity contribution in [2.45, 2.75) is 26.2 Å². The zero-order chi connectivity index (χ0) is 10.8. The van der Waals surface area contributed by atoms with E-state index in [1.807, 2.05) is 18.2 Å². The van der Waals surface area contributed by atoms with Gasteiger partial charge in [0.05, 0.1) is 18.0 Å². The monoisotopic (exact) mass is 204 g/mol. The van der Waals surface area contributed by atoms with Gasteiger partial charge >= 0.3 is 0 Å². The van der Waals surface area contributed by atoms with Gasteiger partial charge in [-0.3, -0.25) is 5.10 Å². The Kier molecular flexibility index (Phi) is 2.62. The van der Waals surface area contributed by atoms with Crippen LogP contribution in [0.4, 0.5) is 0 Å². The minimum atomic E-state index is 0.478. The van der Waals surface area contributed by atoms with Gasteiger partial charge in [0.1, 0.15) is 5.75 Å². The lowest BCUT2D eigenvalue weighted by atomic mass is 10.0. The molecule has 0 aliphatic rings. The van der Waals surface area contributed by atoms with E-state index in [9.17, 15) is 0 Å². The van der Waals surface area contributed by atoms with Crippen LogP contribution in [0.2, 0.25) is 0 Å². The van der Waals surface area contributed by atoms with E-state index in [4.69, 9.17) is 4.74 Å². The Morgan fingerprint density at radius 3 is 2.93 bits per heavy atom. The Labute approximate surface area is 89.4 Å². The van der Waals surface area contributed by atoms with Crippen LogP contribution in [0.1, 0.15) is 31.9 Å². The third-order valence-corrected chi connectivity index (χ3v) is 2.90. The lowest BCUT2D eigenvalue weighted by molar-refractivity contribution is 0.419. The summed E-state index contributed by atoms with van der Waals surface area (Å²) in [4.78, 5) is 0. The Bertz CT molecular complexity index is 462. The van der Waals surface area contributed by atoms with Crippen molar-refractivity contribution < 1.29 is 4.74 Å². The third kappa shape index (κ3) is 1.58. The summed E-state index contributed by atoms with van der Waals surface area (Å²) in [6.45, 7) is 4.37. The molecule has 3 heteroatoms. The number of hydrogen-bond donors (Lipinski definition) is 1. The van der Waals surface area contributed by atoms with E-state index in [1.165, 1.54) is 5.69 Å². The van der Waals surface area contributed by atoms with Crippen LogP contribution in [0.5, 0.6) is 5.75 Å². The number of nitrogens with one attached hydrogen (secondary N) is 1. The molecule has 1 aromatic heterocycles. The van der Waals surface area contributed by atoms with E-state index >= 15 is 0 Å². The maximum Gasteiger partial charge on any atom is 0.130 e. The van der Waals surface area contributed by atoms with E-state index in [0.717, 1.165) is 23.1 Å². The van der Waals surface area contributed by atoms with Gasteiger partial charge in [-0.2, -0.15) is 5.10 Å². The SMILES string of the molecule is CCC(C)c1[nH]nc2cccc(OC)c12. The van der Waals surface area contributed by atoms with Crippen molar-refractivity contribution in [1.82, 2.24) is 10.2 Å². The molecule has 1 atom stereocenters. The number of rotatable bonds is 3. The molecule has 0 fully saturated rings. The van der Waals surface area contributed by atoms with Gasteiger partial charge in [0.15, 0.2) is 0 Å². The molecule has 15 heavy (non-hydrogen) atoms. The van der Waals surface area contributed by atoms with E-state index < -0.39 is 0 Å². The Balaban J connectivity index is 2.65. The fourth-order valence-electron chi connectivity index (χ4n) is 1.79. The number of hydrogen-bond acceptors (Lipinski definition) is 2. The largest absolute Gasteiger partial charge is 0.496 e. The lowest BCUT2D eigenvalue weighted by Crippen LogP contribution is -1.93. The number of nitrogens with zero attached hydrogens (tertiary/aromatic N) is 1. The number of benzene rings is 1. The topological polar surface area (TPSA) is 37.9 Å². The molecule has 0 bridgehead atoms. The summed E-state index contributed by atoms with van der Waals surface area (Å²) in [5.74, 6) is 1.38. The van der Waals surface area contributed by atoms with Crippen LogP contribution >= 0.6 is 0 Å². The third-order valence-electron chi connectivity index (χ3n) is 2.90. The van der Waals surface area contributed by atoms with Gasteiger partial charge in [-0.1, -0.05) is 19.9 Å². The molecule has 0 radical (unpaired) electrons. The summed E-state index contributed by atoms with van der Waals surface area (Å²) < 4.78 is 5.36. The molecule has 2 aromatic rings. The van der Waals surface area contributed by atoms with Crippen LogP contribution in [-0.2, 0) is 0 Å². The number of fused-ring (bicyclic) bond motifs is 1. The van der Waals surface area contributed by atoms with E-state index in [0.29, 0.717) is 5.92 Å². The number of methoxy groups -OCH3 is 1. The molecule has 0 aliphatic carbocycles. The van der Waals surface area contributed by atoms with Crippen LogP contribution in [0, 0.1) is 0 Å². The lowest BCUT2D eigenvalue weighted by Gasteiger charge is -2.08. The second-order valence-electron chi connectivity index (χ2n) is 3.80.